The molecule has 3 aromatic rings. The Labute approximate surface area is 159 Å². The molecule has 0 saturated heterocycles. The van der Waals surface area contributed by atoms with Crippen molar-refractivity contribution in [1.29, 1.82) is 0 Å². The first kappa shape index (κ1) is 18.6. The van der Waals surface area contributed by atoms with Crippen molar-refractivity contribution >= 4 is 23.9 Å². The quantitative estimate of drug-likeness (QED) is 0.381. The highest BCUT2D eigenvalue weighted by atomic mass is 16.6. The third-order valence-electron chi connectivity index (χ3n) is 3.51. The van der Waals surface area contributed by atoms with E-state index in [0.29, 0.717) is 5.82 Å². The van der Waals surface area contributed by atoms with Gasteiger partial charge in [-0.1, -0.05) is 36.4 Å². The number of rotatable bonds is 7. The second-order valence-electron chi connectivity index (χ2n) is 5.53. The molecule has 0 aliphatic rings. The van der Waals surface area contributed by atoms with Crippen molar-refractivity contribution in [2.75, 3.05) is 0 Å². The Balaban J connectivity index is 1.47. The molecule has 1 N–H and O–H groups in total. The number of hydrogen-bond acceptors (Lipinski definition) is 7. The fourth-order valence-corrected chi connectivity index (χ4v) is 2.19. The average molecular weight is 377 g/mol. The zero-order valence-electron chi connectivity index (χ0n) is 14.5. The van der Waals surface area contributed by atoms with Gasteiger partial charge in [0.05, 0.1) is 4.92 Å². The highest BCUT2D eigenvalue weighted by Crippen LogP contribution is 2.13. The second-order valence-corrected chi connectivity index (χ2v) is 5.53. The number of carbonyl (C=O) groups is 1. The van der Waals surface area contributed by atoms with E-state index in [4.69, 9.17) is 0 Å². The number of amides is 1. The minimum Gasteiger partial charge on any atom is -0.271 e. The van der Waals surface area contributed by atoms with Gasteiger partial charge < -0.3 is 0 Å². The molecule has 0 aliphatic heterocycles. The maximum atomic E-state index is 11.9. The maximum absolute atomic E-state index is 11.9. The minimum absolute atomic E-state index is 0.0234. The van der Waals surface area contributed by atoms with Crippen LogP contribution in [0.5, 0.6) is 0 Å². The van der Waals surface area contributed by atoms with E-state index >= 15 is 0 Å². The zero-order chi connectivity index (χ0) is 19.8. The van der Waals surface area contributed by atoms with Gasteiger partial charge in [-0.3, -0.25) is 14.9 Å². The summed E-state index contributed by atoms with van der Waals surface area (Å²) in [6.07, 6.45) is 4.69. The van der Waals surface area contributed by atoms with Crippen molar-refractivity contribution in [2.24, 2.45) is 5.10 Å². The van der Waals surface area contributed by atoms with Crippen LogP contribution in [-0.4, -0.2) is 37.3 Å². The lowest BCUT2D eigenvalue weighted by Gasteiger charge is -1.97. The number of nitro groups is 1. The van der Waals surface area contributed by atoms with E-state index in [9.17, 15) is 14.9 Å². The molecule has 1 heterocycles. The summed E-state index contributed by atoms with van der Waals surface area (Å²) >= 11 is 0. The van der Waals surface area contributed by atoms with Crippen molar-refractivity contribution in [1.82, 2.24) is 25.6 Å². The third-order valence-corrected chi connectivity index (χ3v) is 3.51. The van der Waals surface area contributed by atoms with Gasteiger partial charge >= 0.3 is 0 Å². The SMILES string of the molecule is O=C(Cn1nnc(-c2ccccc2)n1)N/N=C\C=C\c1ccc([N+](=O)[O-])cc1. The lowest BCUT2D eigenvalue weighted by Crippen LogP contribution is -2.24. The van der Waals surface area contributed by atoms with Crippen LogP contribution in [0, 0.1) is 10.1 Å². The van der Waals surface area contributed by atoms with Gasteiger partial charge in [-0.25, -0.2) is 5.43 Å². The van der Waals surface area contributed by atoms with E-state index in [1.54, 1.807) is 24.3 Å². The largest absolute Gasteiger partial charge is 0.271 e. The summed E-state index contributed by atoms with van der Waals surface area (Å²) in [6.45, 7) is -0.122. The molecule has 140 valence electrons. The summed E-state index contributed by atoms with van der Waals surface area (Å²) in [5.74, 6) is 0.0277. The van der Waals surface area contributed by atoms with E-state index < -0.39 is 10.8 Å². The normalized spacial score (nSPS) is 11.1. The summed E-state index contributed by atoms with van der Waals surface area (Å²) in [5, 5.41) is 26.3. The maximum Gasteiger partial charge on any atom is 0.269 e. The Morgan fingerprint density at radius 3 is 2.64 bits per heavy atom. The molecule has 1 amide bonds. The van der Waals surface area contributed by atoms with E-state index in [1.807, 2.05) is 30.3 Å². The number of benzene rings is 2. The number of non-ortho nitro benzene ring substituents is 1. The minimum atomic E-state index is -0.461. The molecular formula is C18H15N7O3. The number of tetrazole rings is 1. The molecule has 3 rings (SSSR count). The molecule has 0 spiro atoms. The van der Waals surface area contributed by atoms with Crippen LogP contribution in [0.4, 0.5) is 5.69 Å². The van der Waals surface area contributed by atoms with Gasteiger partial charge in [-0.2, -0.15) is 9.90 Å². The zero-order valence-corrected chi connectivity index (χ0v) is 14.5. The molecule has 0 radical (unpaired) electrons. The number of nitrogens with one attached hydrogen (secondary N) is 1. The van der Waals surface area contributed by atoms with Crippen molar-refractivity contribution < 1.29 is 9.72 Å². The van der Waals surface area contributed by atoms with Crippen LogP contribution in [0.2, 0.25) is 0 Å². The summed E-state index contributed by atoms with van der Waals surface area (Å²) in [6, 6.07) is 15.4. The van der Waals surface area contributed by atoms with Gasteiger partial charge in [0.2, 0.25) is 5.82 Å². The highest BCUT2D eigenvalue weighted by molar-refractivity contribution is 5.81. The Morgan fingerprint density at radius 2 is 1.93 bits per heavy atom. The molecule has 10 heteroatoms. The molecule has 0 fully saturated rings. The van der Waals surface area contributed by atoms with Crippen LogP contribution in [0.1, 0.15) is 5.56 Å². The number of nitrogens with zero attached hydrogens (tertiary/aromatic N) is 6. The van der Waals surface area contributed by atoms with Crippen LogP contribution in [0.3, 0.4) is 0 Å². The Morgan fingerprint density at radius 1 is 1.18 bits per heavy atom. The van der Waals surface area contributed by atoms with Crippen LogP contribution in [0.15, 0.2) is 65.8 Å². The molecule has 2 aromatic carbocycles. The van der Waals surface area contributed by atoms with Crippen LogP contribution in [-0.2, 0) is 11.3 Å². The van der Waals surface area contributed by atoms with Crippen LogP contribution >= 0.6 is 0 Å². The van der Waals surface area contributed by atoms with Crippen LogP contribution in [0.25, 0.3) is 17.5 Å². The first-order valence-electron chi connectivity index (χ1n) is 8.18. The number of carbonyl (C=O) groups excluding carboxylic acids is 1. The predicted octanol–water partition coefficient (Wildman–Crippen LogP) is 2.06. The molecule has 0 aliphatic carbocycles. The van der Waals surface area contributed by atoms with Gasteiger partial charge in [0.15, 0.2) is 0 Å². The summed E-state index contributed by atoms with van der Waals surface area (Å²) in [4.78, 5) is 23.2. The Hall–Kier alpha value is -4.21. The number of nitro benzene ring substituents is 1. The summed E-state index contributed by atoms with van der Waals surface area (Å²) < 4.78 is 0. The summed E-state index contributed by atoms with van der Waals surface area (Å²) in [7, 11) is 0. The van der Waals surface area contributed by atoms with E-state index in [-0.39, 0.29) is 12.2 Å². The van der Waals surface area contributed by atoms with Gasteiger partial charge in [-0.05, 0) is 29.0 Å². The fourth-order valence-electron chi connectivity index (χ4n) is 2.19. The topological polar surface area (TPSA) is 128 Å². The van der Waals surface area contributed by atoms with E-state index in [1.165, 1.54) is 23.1 Å². The van der Waals surface area contributed by atoms with Gasteiger partial charge in [-0.15, -0.1) is 10.2 Å². The molecule has 10 nitrogen and oxygen atoms in total. The first-order chi connectivity index (χ1) is 13.6. The van der Waals surface area contributed by atoms with Crippen molar-refractivity contribution in [2.45, 2.75) is 6.54 Å². The standard InChI is InChI=1S/C18H15N7O3/c26-17(13-24-22-18(21-23-24)15-6-2-1-3-7-15)20-19-12-4-5-14-8-10-16(11-9-14)25(27)28/h1-12H,13H2,(H,20,26)/b5-4+,19-12-. The monoisotopic (exact) mass is 377 g/mol. The van der Waals surface area contributed by atoms with Gasteiger partial charge in [0.1, 0.15) is 6.54 Å². The second kappa shape index (κ2) is 8.94. The fraction of sp³-hybridized carbons (Fsp3) is 0.0556. The summed E-state index contributed by atoms with van der Waals surface area (Å²) in [5.41, 5.74) is 3.95. The van der Waals surface area contributed by atoms with Crippen LogP contribution < -0.4 is 5.43 Å². The van der Waals surface area contributed by atoms with E-state index in [2.05, 4.69) is 25.9 Å². The molecule has 1 aromatic heterocycles. The number of aromatic nitrogens is 4. The third kappa shape index (κ3) is 5.14. The lowest BCUT2D eigenvalue weighted by molar-refractivity contribution is -0.384. The lowest BCUT2D eigenvalue weighted by atomic mass is 10.2. The van der Waals surface area contributed by atoms with Crippen molar-refractivity contribution in [3.8, 4) is 11.4 Å². The molecular weight excluding hydrogens is 362 g/mol. The molecule has 0 bridgehead atoms. The first-order valence-corrected chi connectivity index (χ1v) is 8.18. The Bertz CT molecular complexity index is 1010. The number of allylic oxidation sites excluding steroid dienone is 1. The van der Waals surface area contributed by atoms with Gasteiger partial charge in [0, 0.05) is 23.9 Å². The molecule has 28 heavy (non-hydrogen) atoms. The number of hydrogen-bond donors (Lipinski definition) is 1. The van der Waals surface area contributed by atoms with E-state index in [0.717, 1.165) is 11.1 Å². The highest BCUT2D eigenvalue weighted by Gasteiger charge is 2.08. The van der Waals surface area contributed by atoms with Crippen molar-refractivity contribution in [3.05, 3.63) is 76.4 Å². The van der Waals surface area contributed by atoms with Gasteiger partial charge in [0.25, 0.3) is 11.6 Å². The number of hydrazone groups is 1. The molecule has 0 saturated carbocycles. The predicted molar refractivity (Wildman–Crippen MR) is 102 cm³/mol. The Kier molecular flexibility index (Phi) is 5.93. The molecule has 0 unspecified atom stereocenters. The molecule has 0 atom stereocenters. The smallest absolute Gasteiger partial charge is 0.269 e. The van der Waals surface area contributed by atoms with Crippen molar-refractivity contribution in [3.63, 3.8) is 0 Å². The average Bonchev–Trinajstić information content (AvgIpc) is 3.17.